The molecule has 5 heteroatoms. The third-order valence-electron chi connectivity index (χ3n) is 3.28. The van der Waals surface area contributed by atoms with E-state index in [0.29, 0.717) is 12.0 Å². The van der Waals surface area contributed by atoms with Crippen molar-refractivity contribution >= 4 is 11.9 Å². The number of nitrogens with zero attached hydrogens (tertiary/aromatic N) is 1. The van der Waals surface area contributed by atoms with Crippen molar-refractivity contribution in [2.45, 2.75) is 25.8 Å². The van der Waals surface area contributed by atoms with Gasteiger partial charge in [0.1, 0.15) is 0 Å². The molecule has 2 aromatic rings. The molecule has 1 unspecified atom stereocenters. The molecule has 1 aromatic heterocycles. The Morgan fingerprint density at radius 1 is 1.18 bits per heavy atom. The van der Waals surface area contributed by atoms with E-state index in [0.717, 1.165) is 11.3 Å². The van der Waals surface area contributed by atoms with Gasteiger partial charge in [0.05, 0.1) is 5.69 Å². The maximum Gasteiger partial charge on any atom is 0.303 e. The predicted molar refractivity (Wildman–Crippen MR) is 83.5 cm³/mol. The first-order valence-electron chi connectivity index (χ1n) is 7.10. The van der Waals surface area contributed by atoms with Crippen molar-refractivity contribution in [2.75, 3.05) is 0 Å². The van der Waals surface area contributed by atoms with E-state index >= 15 is 0 Å². The van der Waals surface area contributed by atoms with Gasteiger partial charge in [0.25, 0.3) is 5.91 Å². The molecule has 1 amide bonds. The number of hydrogen-bond donors (Lipinski definition) is 2. The molecule has 0 bridgehead atoms. The van der Waals surface area contributed by atoms with Crippen LogP contribution in [0, 0.1) is 0 Å². The number of carbonyl (C=O) groups is 2. The van der Waals surface area contributed by atoms with E-state index in [-0.39, 0.29) is 18.4 Å². The SMILES string of the molecule is CC(CCC(=O)O)NC(=O)c1ccc(-c2ccccn2)cc1. The second-order valence-corrected chi connectivity index (χ2v) is 5.10. The zero-order chi connectivity index (χ0) is 15.9. The Kier molecular flexibility index (Phi) is 5.25. The monoisotopic (exact) mass is 298 g/mol. The summed E-state index contributed by atoms with van der Waals surface area (Å²) in [6.45, 7) is 1.79. The topological polar surface area (TPSA) is 79.3 Å². The number of benzene rings is 1. The molecule has 22 heavy (non-hydrogen) atoms. The van der Waals surface area contributed by atoms with Crippen LogP contribution in [-0.2, 0) is 4.79 Å². The van der Waals surface area contributed by atoms with E-state index in [9.17, 15) is 9.59 Å². The van der Waals surface area contributed by atoms with Crippen molar-refractivity contribution in [3.05, 3.63) is 54.2 Å². The standard InChI is InChI=1S/C17H18N2O3/c1-12(5-10-16(20)21)19-17(22)14-8-6-13(7-9-14)15-4-2-3-11-18-15/h2-4,6-9,11-12H,5,10H2,1H3,(H,19,22)(H,20,21). The molecule has 1 aromatic carbocycles. The molecular weight excluding hydrogens is 280 g/mol. The molecule has 0 saturated carbocycles. The molecule has 0 radical (unpaired) electrons. The Balaban J connectivity index is 1.98. The van der Waals surface area contributed by atoms with Crippen LogP contribution in [0.15, 0.2) is 48.7 Å². The van der Waals surface area contributed by atoms with Crippen molar-refractivity contribution in [1.82, 2.24) is 10.3 Å². The van der Waals surface area contributed by atoms with Crippen LogP contribution in [0.3, 0.4) is 0 Å². The summed E-state index contributed by atoms with van der Waals surface area (Å²) >= 11 is 0. The largest absolute Gasteiger partial charge is 0.481 e. The highest BCUT2D eigenvalue weighted by molar-refractivity contribution is 5.94. The summed E-state index contributed by atoms with van der Waals surface area (Å²) < 4.78 is 0. The van der Waals surface area contributed by atoms with Gasteiger partial charge in [0.2, 0.25) is 0 Å². The minimum atomic E-state index is -0.860. The molecule has 5 nitrogen and oxygen atoms in total. The molecule has 2 N–H and O–H groups in total. The molecule has 1 atom stereocenters. The Morgan fingerprint density at radius 3 is 2.50 bits per heavy atom. The van der Waals surface area contributed by atoms with E-state index in [1.807, 2.05) is 30.3 Å². The normalized spacial score (nSPS) is 11.7. The van der Waals surface area contributed by atoms with Gasteiger partial charge in [-0.05, 0) is 37.6 Å². The molecule has 114 valence electrons. The fourth-order valence-electron chi connectivity index (χ4n) is 2.05. The fraction of sp³-hybridized carbons (Fsp3) is 0.235. The van der Waals surface area contributed by atoms with Crippen LogP contribution in [0.2, 0.25) is 0 Å². The molecule has 0 aliphatic heterocycles. The van der Waals surface area contributed by atoms with Crippen molar-refractivity contribution in [3.8, 4) is 11.3 Å². The number of rotatable bonds is 6. The minimum Gasteiger partial charge on any atom is -0.481 e. The number of carbonyl (C=O) groups excluding carboxylic acids is 1. The fourth-order valence-corrected chi connectivity index (χ4v) is 2.05. The third kappa shape index (κ3) is 4.41. The zero-order valence-electron chi connectivity index (χ0n) is 12.3. The second-order valence-electron chi connectivity index (χ2n) is 5.10. The highest BCUT2D eigenvalue weighted by Gasteiger charge is 2.11. The van der Waals surface area contributed by atoms with Crippen LogP contribution < -0.4 is 5.32 Å². The number of amides is 1. The number of nitrogens with one attached hydrogen (secondary N) is 1. The van der Waals surface area contributed by atoms with Gasteiger partial charge in [-0.3, -0.25) is 14.6 Å². The number of aliphatic carboxylic acids is 1. The Bertz CT molecular complexity index is 639. The first kappa shape index (κ1) is 15.7. The highest BCUT2D eigenvalue weighted by atomic mass is 16.4. The maximum absolute atomic E-state index is 12.1. The second kappa shape index (κ2) is 7.36. The summed E-state index contributed by atoms with van der Waals surface area (Å²) in [5.74, 6) is -1.06. The van der Waals surface area contributed by atoms with Crippen LogP contribution in [-0.4, -0.2) is 28.0 Å². The maximum atomic E-state index is 12.1. The molecule has 0 aliphatic rings. The van der Waals surface area contributed by atoms with Crippen LogP contribution in [0.25, 0.3) is 11.3 Å². The Labute approximate surface area is 129 Å². The number of aromatic nitrogens is 1. The third-order valence-corrected chi connectivity index (χ3v) is 3.28. The van der Waals surface area contributed by atoms with Gasteiger partial charge < -0.3 is 10.4 Å². The van der Waals surface area contributed by atoms with Gasteiger partial charge >= 0.3 is 5.97 Å². The minimum absolute atomic E-state index is 0.0417. The van der Waals surface area contributed by atoms with Crippen molar-refractivity contribution in [3.63, 3.8) is 0 Å². The summed E-state index contributed by atoms with van der Waals surface area (Å²) in [5, 5.41) is 11.4. The summed E-state index contributed by atoms with van der Waals surface area (Å²) in [6, 6.07) is 12.7. The molecular formula is C17H18N2O3. The zero-order valence-corrected chi connectivity index (χ0v) is 12.3. The predicted octanol–water partition coefficient (Wildman–Crippen LogP) is 2.73. The summed E-state index contributed by atoms with van der Waals surface area (Å²) in [4.78, 5) is 26.8. The first-order valence-corrected chi connectivity index (χ1v) is 7.10. The Morgan fingerprint density at radius 2 is 1.91 bits per heavy atom. The van der Waals surface area contributed by atoms with E-state index in [2.05, 4.69) is 10.3 Å². The quantitative estimate of drug-likeness (QED) is 0.859. The van der Waals surface area contributed by atoms with E-state index < -0.39 is 5.97 Å². The average molecular weight is 298 g/mol. The van der Waals surface area contributed by atoms with Gasteiger partial charge in [-0.1, -0.05) is 18.2 Å². The number of pyridine rings is 1. The smallest absolute Gasteiger partial charge is 0.303 e. The lowest BCUT2D eigenvalue weighted by Gasteiger charge is -2.13. The highest BCUT2D eigenvalue weighted by Crippen LogP contribution is 2.16. The van der Waals surface area contributed by atoms with Crippen molar-refractivity contribution in [2.24, 2.45) is 0 Å². The number of hydrogen-bond acceptors (Lipinski definition) is 3. The van der Waals surface area contributed by atoms with Gasteiger partial charge in [0.15, 0.2) is 0 Å². The van der Waals surface area contributed by atoms with E-state index in [1.54, 1.807) is 25.3 Å². The molecule has 0 aliphatic carbocycles. The molecule has 1 heterocycles. The summed E-state index contributed by atoms with van der Waals surface area (Å²) in [7, 11) is 0. The van der Waals surface area contributed by atoms with E-state index in [4.69, 9.17) is 5.11 Å². The lowest BCUT2D eigenvalue weighted by atomic mass is 10.1. The molecule has 2 rings (SSSR count). The average Bonchev–Trinajstić information content (AvgIpc) is 2.54. The molecule has 0 saturated heterocycles. The van der Waals surface area contributed by atoms with Gasteiger partial charge in [-0.2, -0.15) is 0 Å². The number of carboxylic acid groups (broad SMARTS) is 1. The van der Waals surface area contributed by atoms with Crippen LogP contribution >= 0.6 is 0 Å². The lowest BCUT2D eigenvalue weighted by molar-refractivity contribution is -0.137. The summed E-state index contributed by atoms with van der Waals surface area (Å²) in [6.07, 6.45) is 2.17. The van der Waals surface area contributed by atoms with Crippen molar-refractivity contribution in [1.29, 1.82) is 0 Å². The van der Waals surface area contributed by atoms with Crippen molar-refractivity contribution < 1.29 is 14.7 Å². The number of carboxylic acids is 1. The lowest BCUT2D eigenvalue weighted by Crippen LogP contribution is -2.32. The van der Waals surface area contributed by atoms with Gasteiger partial charge in [0, 0.05) is 29.8 Å². The van der Waals surface area contributed by atoms with Gasteiger partial charge in [-0.15, -0.1) is 0 Å². The molecule has 0 fully saturated rings. The van der Waals surface area contributed by atoms with Gasteiger partial charge in [-0.25, -0.2) is 0 Å². The van der Waals surface area contributed by atoms with Crippen LogP contribution in [0.5, 0.6) is 0 Å². The first-order chi connectivity index (χ1) is 10.6. The van der Waals surface area contributed by atoms with Crippen LogP contribution in [0.4, 0.5) is 0 Å². The Hall–Kier alpha value is -2.69. The summed E-state index contributed by atoms with van der Waals surface area (Å²) in [5.41, 5.74) is 2.34. The van der Waals surface area contributed by atoms with E-state index in [1.165, 1.54) is 0 Å². The molecule has 0 spiro atoms. The van der Waals surface area contributed by atoms with Crippen LogP contribution in [0.1, 0.15) is 30.1 Å².